The molecule has 0 saturated heterocycles. The summed E-state index contributed by atoms with van der Waals surface area (Å²) in [5.74, 6) is -0.882. The maximum atomic E-state index is 13.1. The van der Waals surface area contributed by atoms with E-state index in [0.29, 0.717) is 19.3 Å². The number of hydrogen-bond acceptors (Lipinski definition) is 7. The number of guanidine groups is 1. The van der Waals surface area contributed by atoms with E-state index in [1.54, 1.807) is 0 Å². The molecule has 12 atom stereocenters. The third-order valence-electron chi connectivity index (χ3n) is 12.3. The van der Waals surface area contributed by atoms with Gasteiger partial charge in [-0.05, 0) is 111 Å². The lowest BCUT2D eigenvalue weighted by Crippen LogP contribution is -2.62. The first-order chi connectivity index (χ1) is 18.7. The minimum atomic E-state index is -1.98. The van der Waals surface area contributed by atoms with Crippen LogP contribution in [-0.2, 0) is 9.59 Å². The van der Waals surface area contributed by atoms with Gasteiger partial charge in [-0.1, -0.05) is 20.8 Å². The molecule has 0 aliphatic heterocycles. The van der Waals surface area contributed by atoms with Crippen LogP contribution in [0.4, 0.5) is 0 Å². The number of Topliss-reactive ketones (excluding diaryl/α,β-unsaturated/α-hetero) is 1. The Bertz CT molecular complexity index is 989. The molecule has 4 aliphatic carbocycles. The SMILES string of the molecule is CC(CCC(=O)C(N)(CCCN=C(N)N)C(=O)O)C1CCC2C3C(O)CC4CC(O)CCC4(C)C3CC(O)C12C. The molecular formula is C30H52N4O6. The fourth-order valence-electron chi connectivity index (χ4n) is 9.85. The molecule has 4 fully saturated rings. The number of nitrogens with two attached hydrogens (primary N) is 3. The highest BCUT2D eigenvalue weighted by molar-refractivity contribution is 6.07. The van der Waals surface area contributed by atoms with Gasteiger partial charge in [0.05, 0.1) is 18.3 Å². The van der Waals surface area contributed by atoms with E-state index in [1.807, 2.05) is 0 Å². The summed E-state index contributed by atoms with van der Waals surface area (Å²) < 4.78 is 0. The molecule has 228 valence electrons. The van der Waals surface area contributed by atoms with Crippen molar-refractivity contribution in [3.63, 3.8) is 0 Å². The van der Waals surface area contributed by atoms with Crippen LogP contribution in [-0.4, -0.2) is 68.5 Å². The van der Waals surface area contributed by atoms with Gasteiger partial charge in [0, 0.05) is 13.0 Å². The lowest BCUT2D eigenvalue weighted by molar-refractivity contribution is -0.207. The number of aliphatic imine (C=N–C) groups is 1. The average Bonchev–Trinajstić information content (AvgIpc) is 3.24. The van der Waals surface area contributed by atoms with Crippen molar-refractivity contribution in [2.45, 2.75) is 115 Å². The number of rotatable bonds is 10. The maximum absolute atomic E-state index is 13.1. The van der Waals surface area contributed by atoms with Crippen molar-refractivity contribution in [2.24, 2.45) is 68.5 Å². The second-order valence-corrected chi connectivity index (χ2v) is 14.2. The molecule has 0 aromatic rings. The number of aliphatic hydroxyl groups excluding tert-OH is 3. The van der Waals surface area contributed by atoms with Crippen LogP contribution < -0.4 is 17.2 Å². The lowest BCUT2D eigenvalue weighted by atomic mass is 9.43. The number of carboxylic acids is 1. The Morgan fingerprint density at radius 2 is 1.75 bits per heavy atom. The van der Waals surface area contributed by atoms with E-state index >= 15 is 0 Å². The largest absolute Gasteiger partial charge is 0.480 e. The Labute approximate surface area is 238 Å². The fraction of sp³-hybridized carbons (Fsp3) is 0.900. The first kappa shape index (κ1) is 31.2. The topological polar surface area (TPSA) is 205 Å². The molecule has 4 rings (SSSR count). The summed E-state index contributed by atoms with van der Waals surface area (Å²) in [6, 6.07) is 0. The van der Waals surface area contributed by atoms with Crippen molar-refractivity contribution < 1.29 is 30.0 Å². The molecule has 0 aromatic heterocycles. The standard InChI is InChI=1S/C30H52N4O6/c1-16(5-8-23(37)30(33,26(39)40)10-4-12-34-27(31)32)19-6-7-20-25-21(15-24(38)29(19,20)3)28(2)11-9-18(35)13-17(28)14-22(25)36/h16-22,24-25,35-36,38H,4-15,33H2,1-3H3,(H,39,40)(H4,31,32,34). The van der Waals surface area contributed by atoms with Crippen LogP contribution in [0.25, 0.3) is 0 Å². The predicted molar refractivity (Wildman–Crippen MR) is 152 cm³/mol. The second-order valence-electron chi connectivity index (χ2n) is 14.2. The second kappa shape index (κ2) is 11.5. The highest BCUT2D eigenvalue weighted by Gasteiger charge is 2.65. The van der Waals surface area contributed by atoms with Gasteiger partial charge >= 0.3 is 5.97 Å². The smallest absolute Gasteiger partial charge is 0.331 e. The van der Waals surface area contributed by atoms with Crippen molar-refractivity contribution >= 4 is 17.7 Å². The number of carbonyl (C=O) groups excluding carboxylic acids is 1. The molecule has 0 radical (unpaired) electrons. The van der Waals surface area contributed by atoms with E-state index in [2.05, 4.69) is 25.8 Å². The van der Waals surface area contributed by atoms with Gasteiger partial charge in [0.2, 0.25) is 0 Å². The number of nitrogens with zero attached hydrogens (tertiary/aromatic N) is 1. The Balaban J connectivity index is 1.45. The molecule has 10 nitrogen and oxygen atoms in total. The van der Waals surface area contributed by atoms with Crippen LogP contribution in [0.3, 0.4) is 0 Å². The Hall–Kier alpha value is -1.75. The van der Waals surface area contributed by atoms with Crippen molar-refractivity contribution in [3.05, 3.63) is 0 Å². The molecule has 12 unspecified atom stereocenters. The highest BCUT2D eigenvalue weighted by atomic mass is 16.4. The number of hydrogen-bond donors (Lipinski definition) is 7. The van der Waals surface area contributed by atoms with Crippen LogP contribution in [0.1, 0.15) is 91.4 Å². The average molecular weight is 565 g/mol. The van der Waals surface area contributed by atoms with Gasteiger partial charge in [0.1, 0.15) is 0 Å². The Morgan fingerprint density at radius 3 is 2.40 bits per heavy atom. The quantitative estimate of drug-likeness (QED) is 0.0892. The van der Waals surface area contributed by atoms with Crippen LogP contribution in [0, 0.1) is 46.3 Å². The maximum Gasteiger partial charge on any atom is 0.331 e. The number of aliphatic hydroxyl groups is 3. The zero-order valence-corrected chi connectivity index (χ0v) is 24.5. The molecule has 0 amide bonds. The Morgan fingerprint density at radius 1 is 1.05 bits per heavy atom. The van der Waals surface area contributed by atoms with E-state index in [0.717, 1.165) is 32.1 Å². The van der Waals surface area contributed by atoms with Crippen LogP contribution in [0.15, 0.2) is 4.99 Å². The van der Waals surface area contributed by atoms with Crippen LogP contribution >= 0.6 is 0 Å². The number of carbonyl (C=O) groups is 2. The minimum Gasteiger partial charge on any atom is -0.480 e. The minimum absolute atomic E-state index is 0.0179. The molecule has 40 heavy (non-hydrogen) atoms. The van der Waals surface area contributed by atoms with Gasteiger partial charge < -0.3 is 37.6 Å². The summed E-state index contributed by atoms with van der Waals surface area (Å²) in [4.78, 5) is 28.9. The van der Waals surface area contributed by atoms with Crippen LogP contribution in [0.5, 0.6) is 0 Å². The molecular weight excluding hydrogens is 512 g/mol. The fourth-order valence-corrected chi connectivity index (χ4v) is 9.85. The molecule has 4 saturated carbocycles. The lowest BCUT2D eigenvalue weighted by Gasteiger charge is -2.63. The Kier molecular flexibility index (Phi) is 8.97. The number of fused-ring (bicyclic) bond motifs is 5. The molecule has 0 aromatic carbocycles. The molecule has 0 spiro atoms. The first-order valence-electron chi connectivity index (χ1n) is 15.3. The van der Waals surface area contributed by atoms with Gasteiger partial charge in [0.25, 0.3) is 0 Å². The van der Waals surface area contributed by atoms with Gasteiger partial charge in [-0.2, -0.15) is 0 Å². The molecule has 0 bridgehead atoms. The number of ketones is 1. The van der Waals surface area contributed by atoms with Gasteiger partial charge in [-0.25, -0.2) is 4.79 Å². The third kappa shape index (κ3) is 5.29. The van der Waals surface area contributed by atoms with Gasteiger partial charge in [-0.15, -0.1) is 0 Å². The van der Waals surface area contributed by atoms with Crippen LogP contribution in [0.2, 0.25) is 0 Å². The van der Waals surface area contributed by atoms with Crippen molar-refractivity contribution in [1.82, 2.24) is 0 Å². The number of carboxylic acid groups (broad SMARTS) is 1. The first-order valence-corrected chi connectivity index (χ1v) is 15.3. The summed E-state index contributed by atoms with van der Waals surface area (Å²) in [5, 5.41) is 43.3. The van der Waals surface area contributed by atoms with Gasteiger partial charge in [0.15, 0.2) is 17.3 Å². The van der Waals surface area contributed by atoms with Crippen molar-refractivity contribution in [1.29, 1.82) is 0 Å². The van der Waals surface area contributed by atoms with E-state index in [4.69, 9.17) is 17.2 Å². The summed E-state index contributed by atoms with van der Waals surface area (Å²) >= 11 is 0. The summed E-state index contributed by atoms with van der Waals surface area (Å²) in [6.45, 7) is 6.79. The van der Waals surface area contributed by atoms with E-state index in [-0.39, 0.29) is 84.2 Å². The zero-order chi connectivity index (χ0) is 29.6. The predicted octanol–water partition coefficient (Wildman–Crippen LogP) is 1.77. The van der Waals surface area contributed by atoms with Crippen molar-refractivity contribution in [3.8, 4) is 0 Å². The molecule has 10 heteroatoms. The van der Waals surface area contributed by atoms with E-state index in [1.165, 1.54) is 0 Å². The van der Waals surface area contributed by atoms with E-state index < -0.39 is 29.5 Å². The summed E-state index contributed by atoms with van der Waals surface area (Å²) in [6.07, 6.45) is 5.18. The third-order valence-corrected chi connectivity index (χ3v) is 12.3. The summed E-state index contributed by atoms with van der Waals surface area (Å²) in [5.41, 5.74) is 14.4. The highest BCUT2D eigenvalue weighted by Crippen LogP contribution is 2.68. The molecule has 0 heterocycles. The summed E-state index contributed by atoms with van der Waals surface area (Å²) in [7, 11) is 0. The van der Waals surface area contributed by atoms with Crippen molar-refractivity contribution in [2.75, 3.05) is 6.54 Å². The molecule has 4 aliphatic rings. The van der Waals surface area contributed by atoms with Gasteiger partial charge in [-0.3, -0.25) is 9.79 Å². The number of aliphatic carboxylic acids is 1. The zero-order valence-electron chi connectivity index (χ0n) is 24.5. The molecule has 10 N–H and O–H groups in total. The normalized spacial score (nSPS) is 43.0. The van der Waals surface area contributed by atoms with E-state index in [9.17, 15) is 30.0 Å². The monoisotopic (exact) mass is 564 g/mol.